The first-order valence-corrected chi connectivity index (χ1v) is 2.00. The number of hydrogen-bond donors (Lipinski definition) is 0. The van der Waals surface area contributed by atoms with Crippen LogP contribution in [0, 0.1) is 0 Å². The van der Waals surface area contributed by atoms with E-state index in [9.17, 15) is 0 Å². The molecule has 0 aromatic rings. The van der Waals surface area contributed by atoms with E-state index >= 15 is 0 Å². The molecule has 0 heterocycles. The van der Waals surface area contributed by atoms with Gasteiger partial charge in [0.05, 0.1) is 0 Å². The summed E-state index contributed by atoms with van der Waals surface area (Å²) in [4.78, 5) is 0. The molecule has 0 N–H and O–H groups in total. The van der Waals surface area contributed by atoms with Gasteiger partial charge in [-0.2, -0.15) is 9.90 Å². The Morgan fingerprint density at radius 2 is 1.00 bits per heavy atom. The van der Waals surface area contributed by atoms with Crippen LogP contribution in [0.5, 0.6) is 0 Å². The molecule has 1 saturated carbocycles. The summed E-state index contributed by atoms with van der Waals surface area (Å²) in [5.74, 6) is 0. The smallest absolute Gasteiger partial charge is 0 e. The molecule has 0 aromatic carbocycles. The first-order valence-electron chi connectivity index (χ1n) is 2.00. The van der Waals surface area contributed by atoms with Crippen LogP contribution >= 0.6 is 9.90 Å². The second-order valence-corrected chi connectivity index (χ2v) is 1.41. The molecule has 0 spiro atoms. The van der Waals surface area contributed by atoms with E-state index in [4.69, 9.17) is 0 Å². The van der Waals surface area contributed by atoms with E-state index < -0.39 is 0 Å². The summed E-state index contributed by atoms with van der Waals surface area (Å²) >= 11 is 0. The monoisotopic (exact) mass is 233 g/mol. The van der Waals surface area contributed by atoms with Crippen molar-refractivity contribution in [3.05, 3.63) is 0 Å². The van der Waals surface area contributed by atoms with Crippen LogP contribution < -0.4 is 0 Å². The van der Waals surface area contributed by atoms with Crippen molar-refractivity contribution in [1.29, 1.82) is 0 Å². The van der Waals surface area contributed by atoms with Gasteiger partial charge in [-0.15, -0.1) is 0 Å². The van der Waals surface area contributed by atoms with Crippen LogP contribution in [0.4, 0.5) is 0 Å². The van der Waals surface area contributed by atoms with Crippen LogP contribution in [0.15, 0.2) is 0 Å². The van der Waals surface area contributed by atoms with Crippen LogP contribution in [-0.4, -0.2) is 0 Å². The summed E-state index contributed by atoms with van der Waals surface area (Å²) in [7, 11) is 0. The van der Waals surface area contributed by atoms with E-state index in [0.29, 0.717) is 0 Å². The summed E-state index contributed by atoms with van der Waals surface area (Å²) in [5, 5.41) is 0. The third kappa shape index (κ3) is 8.12. The SMILES string of the molecule is C1CCC1.P.[2HH].[V].[Y]. The Labute approximate surface area is 87.5 Å². The number of rotatable bonds is 0. The third-order valence-electron chi connectivity index (χ3n) is 1.000. The maximum absolute atomic E-state index is 1.50. The van der Waals surface area contributed by atoms with Crippen molar-refractivity contribution in [3.63, 3.8) is 0 Å². The minimum Gasteiger partial charge on any atom is -0.153 e. The topological polar surface area (TPSA) is 0 Å². The predicted molar refractivity (Wildman–Crippen MR) is 31.7 cm³/mol. The van der Waals surface area contributed by atoms with Crippen LogP contribution in [0.2, 0.25) is 0 Å². The second kappa shape index (κ2) is 11.0. The average molecular weight is 233 g/mol. The minimum absolute atomic E-state index is 0. The Morgan fingerprint density at radius 3 is 1.00 bits per heavy atom. The quantitative estimate of drug-likeness (QED) is 0.560. The van der Waals surface area contributed by atoms with E-state index in [0.717, 1.165) is 0 Å². The van der Waals surface area contributed by atoms with E-state index in [1.165, 1.54) is 25.7 Å². The van der Waals surface area contributed by atoms with E-state index in [1.807, 2.05) is 0 Å². The third-order valence-corrected chi connectivity index (χ3v) is 1.000. The van der Waals surface area contributed by atoms with Gasteiger partial charge < -0.3 is 0 Å². The van der Waals surface area contributed by atoms with Gasteiger partial charge >= 0.3 is 0 Å². The molecule has 3 heteroatoms. The summed E-state index contributed by atoms with van der Waals surface area (Å²) in [6.07, 6.45) is 6.00. The van der Waals surface area contributed by atoms with Gasteiger partial charge in [-0.3, -0.25) is 0 Å². The van der Waals surface area contributed by atoms with E-state index in [-0.39, 0.29) is 62.6 Å². The zero-order valence-electron chi connectivity index (χ0n) is 4.56. The standard InChI is InChI=1S/C4H8.H3P.V.Y.H2/c1-2-4-3-1;;;;/h1-4H2;1H3;;;1H/i;;;;1+1. The van der Waals surface area contributed by atoms with Crippen molar-refractivity contribution < 1.29 is 52.7 Å². The Balaban J connectivity index is -0.0000000200. The van der Waals surface area contributed by atoms with Crippen molar-refractivity contribution >= 4 is 9.90 Å². The van der Waals surface area contributed by atoms with Gasteiger partial charge in [0.2, 0.25) is 0 Å². The van der Waals surface area contributed by atoms with Crippen LogP contribution in [0.25, 0.3) is 0 Å². The summed E-state index contributed by atoms with van der Waals surface area (Å²) in [5.41, 5.74) is 0. The molecule has 0 aliphatic heterocycles. The molecule has 1 aliphatic rings. The molecule has 0 nitrogen and oxygen atoms in total. The summed E-state index contributed by atoms with van der Waals surface area (Å²) in [6.45, 7) is 0. The van der Waals surface area contributed by atoms with Gasteiger partial charge in [0.25, 0.3) is 0 Å². The molecule has 1 unspecified atom stereocenters. The van der Waals surface area contributed by atoms with Gasteiger partial charge in [0.15, 0.2) is 0 Å². The summed E-state index contributed by atoms with van der Waals surface area (Å²) < 4.78 is 0. The molecule has 0 bridgehead atoms. The largest absolute Gasteiger partial charge is 0.153 e. The Hall–Kier alpha value is 2.12. The molecule has 2 radical (unpaired) electrons. The van der Waals surface area contributed by atoms with Crippen LogP contribution in [-0.2, 0) is 51.3 Å². The molecule has 42 valence electrons. The van der Waals surface area contributed by atoms with Crippen molar-refractivity contribution in [2.24, 2.45) is 0 Å². The van der Waals surface area contributed by atoms with E-state index in [2.05, 4.69) is 0 Å². The molecule has 1 rings (SSSR count). The first-order chi connectivity index (χ1) is 2.00. The fraction of sp³-hybridized carbons (Fsp3) is 1.00. The van der Waals surface area contributed by atoms with Crippen molar-refractivity contribution in [3.8, 4) is 0 Å². The second-order valence-electron chi connectivity index (χ2n) is 1.41. The van der Waals surface area contributed by atoms with Crippen LogP contribution in [0.1, 0.15) is 27.1 Å². The minimum atomic E-state index is 0. The summed E-state index contributed by atoms with van der Waals surface area (Å²) in [6, 6.07) is 0. The predicted octanol–water partition coefficient (Wildman–Crippen LogP) is 1.86. The molecule has 1 atom stereocenters. The van der Waals surface area contributed by atoms with Gasteiger partial charge in [-0.1, -0.05) is 25.7 Å². The number of hydrogen-bond acceptors (Lipinski definition) is 0. The van der Waals surface area contributed by atoms with Gasteiger partial charge in [0.1, 0.15) is 0 Å². The van der Waals surface area contributed by atoms with Crippen LogP contribution in [0.3, 0.4) is 0 Å². The average Bonchev–Trinajstić information content (AvgIpc) is 0.722. The van der Waals surface area contributed by atoms with Crippen molar-refractivity contribution in [2.75, 3.05) is 0 Å². The zero-order chi connectivity index (χ0) is 2.83. The zero-order valence-corrected chi connectivity index (χ0v) is 10.2. The first kappa shape index (κ1) is 16.1. The molecule has 1 aliphatic carbocycles. The molecular formula is C4H13PVY. The molecule has 7 heavy (non-hydrogen) atoms. The Kier molecular flexibility index (Phi) is 25.2. The Morgan fingerprint density at radius 1 is 0.857 bits per heavy atom. The maximum Gasteiger partial charge on any atom is 0 e. The molecule has 0 saturated heterocycles. The normalized spacial score (nSPS) is 13.7. The van der Waals surface area contributed by atoms with Crippen molar-refractivity contribution in [2.45, 2.75) is 25.7 Å². The van der Waals surface area contributed by atoms with Crippen molar-refractivity contribution in [1.82, 2.24) is 0 Å². The molecule has 0 amide bonds. The van der Waals surface area contributed by atoms with Gasteiger partial charge in [-0.25, -0.2) is 0 Å². The fourth-order valence-corrected chi connectivity index (χ4v) is 0.250. The fourth-order valence-electron chi connectivity index (χ4n) is 0.250. The molecule has 0 aromatic heterocycles. The Bertz CT molecular complexity index is 24.0. The van der Waals surface area contributed by atoms with Gasteiger partial charge in [-0.05, 0) is 0 Å². The molecular weight excluding hydrogens is 219 g/mol. The maximum atomic E-state index is 1.50. The van der Waals surface area contributed by atoms with E-state index in [1.54, 1.807) is 0 Å². The molecule has 1 fully saturated rings. The van der Waals surface area contributed by atoms with Gasteiger partial charge in [0, 0.05) is 52.7 Å².